The molecule has 0 amide bonds. The molecule has 2 aromatic rings. The lowest BCUT2D eigenvalue weighted by Crippen LogP contribution is -2.35. The van der Waals surface area contributed by atoms with Crippen molar-refractivity contribution < 1.29 is 26.3 Å². The largest absolute Gasteiger partial charge is 0.302 e. The molecule has 0 bridgehead atoms. The molecule has 3 rings (SSSR count). The number of hydrogen-bond donors (Lipinski definition) is 0. The summed E-state index contributed by atoms with van der Waals surface area (Å²) in [5, 5.41) is 0. The highest BCUT2D eigenvalue weighted by Crippen LogP contribution is 2.54. The average molecular weight is 288 g/mol. The minimum absolute atomic E-state index is 0.423. The summed E-state index contributed by atoms with van der Waals surface area (Å²) in [4.78, 5) is 0. The van der Waals surface area contributed by atoms with E-state index in [0.717, 1.165) is 24.3 Å². The number of benzene rings is 2. The van der Waals surface area contributed by atoms with Crippen LogP contribution in [0.25, 0.3) is 0 Å². The molecule has 0 N–H and O–H groups in total. The molecule has 20 heavy (non-hydrogen) atoms. The lowest BCUT2D eigenvalue weighted by molar-refractivity contribution is -0.0171. The Morgan fingerprint density at radius 1 is 0.600 bits per heavy atom. The van der Waals surface area contributed by atoms with E-state index in [1.54, 1.807) is 0 Å². The van der Waals surface area contributed by atoms with Crippen LogP contribution in [0.2, 0.25) is 0 Å². The summed E-state index contributed by atoms with van der Waals surface area (Å²) >= 11 is 0. The van der Waals surface area contributed by atoms with Crippen molar-refractivity contribution in [3.05, 3.63) is 70.3 Å². The summed E-state index contributed by atoms with van der Waals surface area (Å²) in [6, 6.07) is 4.71. The third-order valence-corrected chi connectivity index (χ3v) is 3.34. The molecule has 0 aromatic heterocycles. The zero-order valence-electron chi connectivity index (χ0n) is 9.73. The van der Waals surface area contributed by atoms with Gasteiger partial charge in [0.25, 0.3) is 0 Å². The van der Waals surface area contributed by atoms with Crippen molar-refractivity contribution >= 4 is 0 Å². The van der Waals surface area contributed by atoms with Gasteiger partial charge in [-0.1, -0.05) is 24.3 Å². The Morgan fingerprint density at radius 3 is 1.30 bits per heavy atom. The fourth-order valence-corrected chi connectivity index (χ4v) is 2.47. The van der Waals surface area contributed by atoms with E-state index in [2.05, 4.69) is 0 Å². The first-order valence-corrected chi connectivity index (χ1v) is 5.62. The van der Waals surface area contributed by atoms with Crippen molar-refractivity contribution in [2.75, 3.05) is 0 Å². The molecular formula is C14H6F6. The molecule has 0 heterocycles. The van der Waals surface area contributed by atoms with Gasteiger partial charge in [0.1, 0.15) is 11.6 Å². The zero-order chi connectivity index (χ0) is 14.7. The molecule has 0 saturated carbocycles. The van der Waals surface area contributed by atoms with Crippen LogP contribution in [0.15, 0.2) is 36.4 Å². The average Bonchev–Trinajstić information content (AvgIpc) is 2.39. The summed E-state index contributed by atoms with van der Waals surface area (Å²) in [6.45, 7) is 0. The number of hydrogen-bond acceptors (Lipinski definition) is 0. The van der Waals surface area contributed by atoms with E-state index in [-0.39, 0.29) is 0 Å². The smallest absolute Gasteiger partial charge is 0.206 e. The van der Waals surface area contributed by atoms with E-state index < -0.39 is 45.7 Å². The van der Waals surface area contributed by atoms with Gasteiger partial charge < -0.3 is 0 Å². The van der Waals surface area contributed by atoms with Crippen LogP contribution >= 0.6 is 0 Å². The van der Waals surface area contributed by atoms with Gasteiger partial charge in [-0.25, -0.2) is 8.78 Å². The lowest BCUT2D eigenvalue weighted by atomic mass is 9.80. The lowest BCUT2D eigenvalue weighted by Gasteiger charge is -2.33. The first-order chi connectivity index (χ1) is 9.28. The van der Waals surface area contributed by atoms with Crippen molar-refractivity contribution in [3.8, 4) is 0 Å². The Kier molecular flexibility index (Phi) is 2.46. The van der Waals surface area contributed by atoms with E-state index in [1.165, 1.54) is 0 Å². The first kappa shape index (κ1) is 13.0. The van der Waals surface area contributed by atoms with Crippen molar-refractivity contribution in [2.24, 2.45) is 0 Å². The number of halogens is 6. The Hall–Kier alpha value is -1.98. The van der Waals surface area contributed by atoms with E-state index in [0.29, 0.717) is 12.1 Å². The third kappa shape index (κ3) is 1.44. The van der Waals surface area contributed by atoms with Crippen LogP contribution in [-0.2, 0) is 11.8 Å². The maximum atomic E-state index is 14.2. The normalized spacial score (nSPS) is 18.3. The van der Waals surface area contributed by atoms with Gasteiger partial charge in [-0.2, -0.15) is 17.6 Å². The standard InChI is InChI=1S/C14H6F6/c15-9-5-6-10(16)12-11(9)13(17,18)7-3-1-2-4-8(7)14(12,19)20/h1-6H. The Balaban J connectivity index is 2.49. The maximum absolute atomic E-state index is 14.2. The second-order valence-corrected chi connectivity index (χ2v) is 4.47. The van der Waals surface area contributed by atoms with Gasteiger partial charge in [-0.15, -0.1) is 0 Å². The molecule has 0 aliphatic heterocycles. The van der Waals surface area contributed by atoms with Crippen LogP contribution in [0.4, 0.5) is 26.3 Å². The molecule has 104 valence electrons. The highest BCUT2D eigenvalue weighted by atomic mass is 19.3. The molecule has 0 fully saturated rings. The molecule has 1 aliphatic rings. The molecule has 0 spiro atoms. The van der Waals surface area contributed by atoms with Crippen molar-refractivity contribution in [1.29, 1.82) is 0 Å². The van der Waals surface area contributed by atoms with Gasteiger partial charge in [0.2, 0.25) is 0 Å². The van der Waals surface area contributed by atoms with E-state index in [9.17, 15) is 26.3 Å². The van der Waals surface area contributed by atoms with Crippen LogP contribution < -0.4 is 0 Å². The van der Waals surface area contributed by atoms with E-state index in [1.807, 2.05) is 0 Å². The van der Waals surface area contributed by atoms with Gasteiger partial charge >= 0.3 is 11.8 Å². The monoisotopic (exact) mass is 288 g/mol. The highest BCUT2D eigenvalue weighted by Gasteiger charge is 2.56. The summed E-state index contributed by atoms with van der Waals surface area (Å²) in [7, 11) is 0. The summed E-state index contributed by atoms with van der Waals surface area (Å²) < 4.78 is 84.1. The van der Waals surface area contributed by atoms with Crippen molar-refractivity contribution in [3.63, 3.8) is 0 Å². The maximum Gasteiger partial charge on any atom is 0.302 e. The number of fused-ring (bicyclic) bond motifs is 2. The fraction of sp³-hybridized carbons (Fsp3) is 0.143. The quantitative estimate of drug-likeness (QED) is 0.623. The molecule has 1 aliphatic carbocycles. The molecule has 0 nitrogen and oxygen atoms in total. The number of alkyl halides is 4. The summed E-state index contributed by atoms with van der Waals surface area (Å²) in [5.74, 6) is -11.1. The van der Waals surface area contributed by atoms with E-state index >= 15 is 0 Å². The molecule has 6 heteroatoms. The van der Waals surface area contributed by atoms with Gasteiger partial charge in [-0.05, 0) is 12.1 Å². The first-order valence-electron chi connectivity index (χ1n) is 5.62. The molecule has 0 saturated heterocycles. The fourth-order valence-electron chi connectivity index (χ4n) is 2.47. The SMILES string of the molecule is Fc1ccc(F)c2c1C(F)(F)c1ccccc1C2(F)F. The second-order valence-electron chi connectivity index (χ2n) is 4.47. The van der Waals surface area contributed by atoms with Crippen LogP contribution in [0.3, 0.4) is 0 Å². The van der Waals surface area contributed by atoms with E-state index in [4.69, 9.17) is 0 Å². The second kappa shape index (κ2) is 3.77. The minimum atomic E-state index is -4.01. The van der Waals surface area contributed by atoms with Gasteiger partial charge in [0.15, 0.2) is 0 Å². The summed E-state index contributed by atoms with van der Waals surface area (Å²) in [6.07, 6.45) is 0. The van der Waals surface area contributed by atoms with Gasteiger partial charge in [-0.3, -0.25) is 0 Å². The third-order valence-electron chi connectivity index (χ3n) is 3.34. The van der Waals surface area contributed by atoms with Crippen LogP contribution in [0.5, 0.6) is 0 Å². The Labute approximate surface area is 109 Å². The molecule has 2 aromatic carbocycles. The Morgan fingerprint density at radius 2 is 0.950 bits per heavy atom. The van der Waals surface area contributed by atoms with Gasteiger partial charge in [0, 0.05) is 11.1 Å². The predicted molar refractivity (Wildman–Crippen MR) is 58.8 cm³/mol. The molecular weight excluding hydrogens is 282 g/mol. The number of rotatable bonds is 0. The predicted octanol–water partition coefficient (Wildman–Crippen LogP) is 4.56. The zero-order valence-corrected chi connectivity index (χ0v) is 9.73. The van der Waals surface area contributed by atoms with Crippen LogP contribution in [0, 0.1) is 11.6 Å². The van der Waals surface area contributed by atoms with Crippen molar-refractivity contribution in [1.82, 2.24) is 0 Å². The topological polar surface area (TPSA) is 0 Å². The highest BCUT2D eigenvalue weighted by molar-refractivity contribution is 5.54. The van der Waals surface area contributed by atoms with Crippen LogP contribution in [0.1, 0.15) is 22.3 Å². The molecule has 0 atom stereocenters. The van der Waals surface area contributed by atoms with Crippen molar-refractivity contribution in [2.45, 2.75) is 11.8 Å². The van der Waals surface area contributed by atoms with Crippen LogP contribution in [-0.4, -0.2) is 0 Å². The Bertz CT molecular complexity index is 645. The summed E-state index contributed by atoms with van der Waals surface area (Å²) in [5.41, 5.74) is -5.22. The minimum Gasteiger partial charge on any atom is -0.206 e. The molecule has 0 unspecified atom stereocenters. The van der Waals surface area contributed by atoms with Gasteiger partial charge in [0.05, 0.1) is 11.1 Å². The molecule has 0 radical (unpaired) electrons.